The number of carbonyl (C=O) groups excluding carboxylic acids is 1. The van der Waals surface area contributed by atoms with Crippen LogP contribution in [0.1, 0.15) is 24.8 Å². The third kappa shape index (κ3) is 6.16. The van der Waals surface area contributed by atoms with E-state index in [2.05, 4.69) is 4.74 Å². The largest absolute Gasteiger partial charge is 0.480 e. The summed E-state index contributed by atoms with van der Waals surface area (Å²) in [5.41, 5.74) is 0.998. The van der Waals surface area contributed by atoms with E-state index < -0.39 is 27.7 Å². The number of ether oxygens (including phenoxy) is 1. The first-order chi connectivity index (χ1) is 11.3. The number of benzene rings is 1. The van der Waals surface area contributed by atoms with Crippen molar-refractivity contribution in [2.45, 2.75) is 31.1 Å². The number of unbranched alkanes of at least 4 members (excludes halogenated alkanes) is 2. The van der Waals surface area contributed by atoms with Crippen LogP contribution in [0.4, 0.5) is 0 Å². The van der Waals surface area contributed by atoms with Gasteiger partial charge in [-0.2, -0.15) is 0 Å². The van der Waals surface area contributed by atoms with E-state index in [0.717, 1.165) is 12.7 Å². The number of aliphatic carboxylic acids is 1. The number of esters is 1. The molecule has 1 rings (SSSR count). The van der Waals surface area contributed by atoms with Crippen LogP contribution in [0, 0.1) is 12.8 Å². The quantitative estimate of drug-likeness (QED) is 0.316. The summed E-state index contributed by atoms with van der Waals surface area (Å²) in [6.07, 6.45) is 4.35. The van der Waals surface area contributed by atoms with E-state index >= 15 is 0 Å². The topological polar surface area (TPSA) is 97.7 Å². The summed E-state index contributed by atoms with van der Waals surface area (Å²) >= 11 is 0. The van der Waals surface area contributed by atoms with Crippen molar-refractivity contribution in [3.05, 3.63) is 42.0 Å². The predicted octanol–water partition coefficient (Wildman–Crippen LogP) is 2.37. The van der Waals surface area contributed by atoms with E-state index in [-0.39, 0.29) is 5.75 Å². The normalized spacial score (nSPS) is 12.9. The predicted molar refractivity (Wildman–Crippen MR) is 89.4 cm³/mol. The minimum atomic E-state index is -3.30. The van der Waals surface area contributed by atoms with E-state index in [4.69, 9.17) is 5.11 Å². The Morgan fingerprint density at radius 1 is 1.21 bits per heavy atom. The number of aryl methyl sites for hydroxylation is 1. The molecule has 0 aliphatic heterocycles. The zero-order valence-corrected chi connectivity index (χ0v) is 14.6. The summed E-state index contributed by atoms with van der Waals surface area (Å²) in [5, 5.41) is 8.90. The fourth-order valence-electron chi connectivity index (χ4n) is 2.04. The van der Waals surface area contributed by atoms with E-state index in [1.807, 2.05) is 6.92 Å². The first-order valence-electron chi connectivity index (χ1n) is 7.54. The van der Waals surface area contributed by atoms with Gasteiger partial charge in [-0.1, -0.05) is 29.8 Å². The molecule has 0 bridgehead atoms. The van der Waals surface area contributed by atoms with Crippen LogP contribution in [0.25, 0.3) is 0 Å². The molecule has 0 radical (unpaired) electrons. The average Bonchev–Trinajstić information content (AvgIpc) is 2.53. The maximum Gasteiger partial charge on any atom is 0.323 e. The highest BCUT2D eigenvalue weighted by Crippen LogP contribution is 2.14. The van der Waals surface area contributed by atoms with Crippen molar-refractivity contribution in [2.75, 3.05) is 12.9 Å². The van der Waals surface area contributed by atoms with Gasteiger partial charge in [-0.25, -0.2) is 8.42 Å². The lowest BCUT2D eigenvalue weighted by Crippen LogP contribution is -2.22. The van der Waals surface area contributed by atoms with Crippen molar-refractivity contribution < 1.29 is 27.9 Å². The minimum Gasteiger partial charge on any atom is -0.480 e. The smallest absolute Gasteiger partial charge is 0.323 e. The van der Waals surface area contributed by atoms with Crippen LogP contribution in [0.2, 0.25) is 0 Å². The zero-order valence-electron chi connectivity index (χ0n) is 13.8. The summed E-state index contributed by atoms with van der Waals surface area (Å²) in [7, 11) is -2.18. The maximum absolute atomic E-state index is 12.1. The van der Waals surface area contributed by atoms with Crippen LogP contribution in [-0.4, -0.2) is 38.3 Å². The monoisotopic (exact) mass is 354 g/mol. The number of carbonyl (C=O) groups is 2. The van der Waals surface area contributed by atoms with E-state index in [1.54, 1.807) is 30.3 Å². The van der Waals surface area contributed by atoms with Crippen LogP contribution >= 0.6 is 0 Å². The summed E-state index contributed by atoms with van der Waals surface area (Å²) in [4.78, 5) is 22.5. The third-order valence-electron chi connectivity index (χ3n) is 3.46. The van der Waals surface area contributed by atoms with Gasteiger partial charge >= 0.3 is 11.9 Å². The lowest BCUT2D eigenvalue weighted by Gasteiger charge is -2.05. The summed E-state index contributed by atoms with van der Waals surface area (Å²) in [5.74, 6) is -3.41. The molecule has 1 unspecified atom stereocenters. The Morgan fingerprint density at radius 2 is 1.83 bits per heavy atom. The number of carboxylic acids is 1. The molecule has 6 nitrogen and oxygen atoms in total. The summed E-state index contributed by atoms with van der Waals surface area (Å²) in [6.45, 7) is 1.89. The molecule has 1 atom stereocenters. The fraction of sp³-hybridized carbons (Fsp3) is 0.412. The second-order valence-corrected chi connectivity index (χ2v) is 7.50. The molecule has 132 valence electrons. The van der Waals surface area contributed by atoms with Crippen molar-refractivity contribution in [3.63, 3.8) is 0 Å². The second kappa shape index (κ2) is 9.22. The Morgan fingerprint density at radius 3 is 2.38 bits per heavy atom. The highest BCUT2D eigenvalue weighted by molar-refractivity contribution is 7.91. The van der Waals surface area contributed by atoms with E-state index in [9.17, 15) is 18.0 Å². The van der Waals surface area contributed by atoms with E-state index in [1.165, 1.54) is 6.08 Å². The first kappa shape index (κ1) is 19.9. The van der Waals surface area contributed by atoms with Gasteiger partial charge in [-0.05, 0) is 38.3 Å². The molecular weight excluding hydrogens is 332 g/mol. The van der Waals surface area contributed by atoms with Gasteiger partial charge in [0, 0.05) is 0 Å². The molecule has 0 aromatic heterocycles. The minimum absolute atomic E-state index is 0.0310. The molecule has 24 heavy (non-hydrogen) atoms. The number of allylic oxidation sites excluding steroid dienone is 1. The highest BCUT2D eigenvalue weighted by atomic mass is 32.2. The number of hydrogen-bond donors (Lipinski definition) is 1. The molecular formula is C17H22O6S. The standard InChI is InChI=1S/C17H22O6S/c1-13-8-10-14(11-9-13)24(21,22)12-6-4-3-5-7-15(16(18)19)17(20)23-2/h5,7-11,15H,3-4,6,12H2,1-2H3,(H,18,19). The Labute approximate surface area is 142 Å². The Balaban J connectivity index is 2.45. The van der Waals surface area contributed by atoms with Gasteiger partial charge in [0.05, 0.1) is 17.8 Å². The molecule has 0 saturated heterocycles. The van der Waals surface area contributed by atoms with Gasteiger partial charge in [0.15, 0.2) is 15.8 Å². The van der Waals surface area contributed by atoms with Crippen LogP contribution in [0.15, 0.2) is 41.3 Å². The Hall–Kier alpha value is -2.15. The van der Waals surface area contributed by atoms with Gasteiger partial charge < -0.3 is 9.84 Å². The average molecular weight is 354 g/mol. The van der Waals surface area contributed by atoms with Gasteiger partial charge in [0.25, 0.3) is 0 Å². The van der Waals surface area contributed by atoms with Gasteiger partial charge in [-0.15, -0.1) is 0 Å². The second-order valence-electron chi connectivity index (χ2n) is 5.39. The van der Waals surface area contributed by atoms with Crippen molar-refractivity contribution in [2.24, 2.45) is 5.92 Å². The lowest BCUT2D eigenvalue weighted by atomic mass is 10.1. The van der Waals surface area contributed by atoms with Crippen LogP contribution in [0.3, 0.4) is 0 Å². The molecule has 0 saturated carbocycles. The van der Waals surface area contributed by atoms with Crippen molar-refractivity contribution in [3.8, 4) is 0 Å². The molecule has 0 aliphatic carbocycles. The summed E-state index contributed by atoms with van der Waals surface area (Å²) in [6, 6.07) is 6.71. The number of sulfone groups is 1. The Bertz CT molecular complexity index is 688. The van der Waals surface area contributed by atoms with Crippen molar-refractivity contribution in [1.82, 2.24) is 0 Å². The fourth-order valence-corrected chi connectivity index (χ4v) is 3.41. The zero-order chi connectivity index (χ0) is 18.2. The van der Waals surface area contributed by atoms with Crippen molar-refractivity contribution in [1.29, 1.82) is 0 Å². The lowest BCUT2D eigenvalue weighted by molar-refractivity contribution is -0.154. The number of rotatable bonds is 9. The Kier molecular flexibility index (Phi) is 7.64. The highest BCUT2D eigenvalue weighted by Gasteiger charge is 2.23. The van der Waals surface area contributed by atoms with Crippen LogP contribution < -0.4 is 0 Å². The maximum atomic E-state index is 12.1. The van der Waals surface area contributed by atoms with Crippen LogP contribution in [-0.2, 0) is 24.2 Å². The SMILES string of the molecule is COC(=O)C(C=CCCCCS(=O)(=O)c1ccc(C)cc1)C(=O)O. The summed E-state index contributed by atoms with van der Waals surface area (Å²) < 4.78 is 28.7. The number of methoxy groups -OCH3 is 1. The van der Waals surface area contributed by atoms with E-state index in [0.29, 0.717) is 24.2 Å². The molecule has 0 fully saturated rings. The first-order valence-corrected chi connectivity index (χ1v) is 9.20. The molecule has 0 heterocycles. The molecule has 0 amide bonds. The van der Waals surface area contributed by atoms with Gasteiger partial charge in [-0.3, -0.25) is 9.59 Å². The van der Waals surface area contributed by atoms with Crippen molar-refractivity contribution >= 4 is 21.8 Å². The number of hydrogen-bond acceptors (Lipinski definition) is 5. The van der Waals surface area contributed by atoms with Gasteiger partial charge in [0.2, 0.25) is 0 Å². The number of carboxylic acid groups (broad SMARTS) is 1. The molecule has 0 aliphatic rings. The molecule has 1 aromatic rings. The molecule has 7 heteroatoms. The van der Waals surface area contributed by atoms with Crippen LogP contribution in [0.5, 0.6) is 0 Å². The van der Waals surface area contributed by atoms with Gasteiger partial charge in [0.1, 0.15) is 0 Å². The molecule has 1 aromatic carbocycles. The molecule has 1 N–H and O–H groups in total. The third-order valence-corrected chi connectivity index (χ3v) is 5.28. The molecule has 0 spiro atoms.